The van der Waals surface area contributed by atoms with Crippen molar-refractivity contribution in [2.75, 3.05) is 24.7 Å². The Morgan fingerprint density at radius 2 is 2.23 bits per heavy atom. The summed E-state index contributed by atoms with van der Waals surface area (Å²) in [6.07, 6.45) is -3.88. The second-order valence-electron chi connectivity index (χ2n) is 5.11. The van der Waals surface area contributed by atoms with E-state index >= 15 is 0 Å². The predicted octanol–water partition coefficient (Wildman–Crippen LogP) is 0.729. The van der Waals surface area contributed by atoms with E-state index in [2.05, 4.69) is 15.1 Å². The van der Waals surface area contributed by atoms with Crippen molar-refractivity contribution in [3.05, 3.63) is 18.1 Å². The van der Waals surface area contributed by atoms with Crippen molar-refractivity contribution >= 4 is 11.6 Å². The number of hydrogen-bond acceptors (Lipinski definition) is 6. The van der Waals surface area contributed by atoms with Crippen LogP contribution in [0.1, 0.15) is 12.6 Å². The normalized spacial score (nSPS) is 23.2. The summed E-state index contributed by atoms with van der Waals surface area (Å²) in [4.78, 5) is 8.94. The molecule has 10 heteroatoms. The van der Waals surface area contributed by atoms with E-state index in [1.807, 2.05) is 6.92 Å². The number of ether oxygens (including phenoxy) is 1. The van der Waals surface area contributed by atoms with Gasteiger partial charge in [0, 0.05) is 12.6 Å². The molecule has 1 N–H and O–H groups in total. The molecule has 3 rings (SSSR count). The Labute approximate surface area is 123 Å². The summed E-state index contributed by atoms with van der Waals surface area (Å²) in [5.74, 6) is 0.105. The van der Waals surface area contributed by atoms with E-state index in [1.54, 1.807) is 4.90 Å². The van der Waals surface area contributed by atoms with Gasteiger partial charge in [-0.3, -0.25) is 0 Å². The molecule has 2 unspecified atom stereocenters. The molecule has 1 aliphatic heterocycles. The summed E-state index contributed by atoms with van der Waals surface area (Å²) >= 11 is 0. The van der Waals surface area contributed by atoms with E-state index in [0.29, 0.717) is 6.61 Å². The Hall–Kier alpha value is -1.94. The first kappa shape index (κ1) is 15.0. The van der Waals surface area contributed by atoms with Crippen molar-refractivity contribution in [1.29, 1.82) is 0 Å². The minimum Gasteiger partial charge on any atom is -0.394 e. The van der Waals surface area contributed by atoms with Crippen LogP contribution in [0, 0.1) is 0 Å². The molecular weight excluding hydrogens is 303 g/mol. The van der Waals surface area contributed by atoms with Crippen LogP contribution in [-0.2, 0) is 10.9 Å². The largest absolute Gasteiger partial charge is 0.433 e. The van der Waals surface area contributed by atoms with Gasteiger partial charge in [-0.15, -0.1) is 0 Å². The number of aliphatic hydroxyl groups excluding tert-OH is 1. The van der Waals surface area contributed by atoms with Gasteiger partial charge < -0.3 is 14.7 Å². The van der Waals surface area contributed by atoms with Gasteiger partial charge in [0.2, 0.25) is 0 Å². The molecule has 0 aliphatic carbocycles. The predicted molar refractivity (Wildman–Crippen MR) is 69.4 cm³/mol. The van der Waals surface area contributed by atoms with Gasteiger partial charge in [0.1, 0.15) is 12.1 Å². The molecule has 0 amide bonds. The fourth-order valence-electron chi connectivity index (χ4n) is 2.39. The van der Waals surface area contributed by atoms with Crippen LogP contribution < -0.4 is 4.90 Å². The lowest BCUT2D eigenvalue weighted by atomic mass is 10.2. The Bertz CT molecular complexity index is 674. The second kappa shape index (κ2) is 5.36. The van der Waals surface area contributed by atoms with Crippen LogP contribution in [0.5, 0.6) is 0 Å². The van der Waals surface area contributed by atoms with Crippen molar-refractivity contribution in [3.8, 4) is 0 Å². The summed E-state index contributed by atoms with van der Waals surface area (Å²) in [5, 5.41) is 13.2. The van der Waals surface area contributed by atoms with Crippen molar-refractivity contribution in [3.63, 3.8) is 0 Å². The fraction of sp³-hybridized carbons (Fsp3) is 0.583. The smallest absolute Gasteiger partial charge is 0.394 e. The molecule has 0 bridgehead atoms. The van der Waals surface area contributed by atoms with Gasteiger partial charge in [-0.05, 0) is 6.92 Å². The molecule has 22 heavy (non-hydrogen) atoms. The molecule has 0 radical (unpaired) electrons. The summed E-state index contributed by atoms with van der Waals surface area (Å²) < 4.78 is 45.7. The van der Waals surface area contributed by atoms with E-state index in [0.717, 1.165) is 12.4 Å². The van der Waals surface area contributed by atoms with E-state index < -0.39 is 18.0 Å². The van der Waals surface area contributed by atoms with E-state index in [1.165, 1.54) is 4.52 Å². The molecule has 3 heterocycles. The van der Waals surface area contributed by atoms with Crippen LogP contribution in [0.25, 0.3) is 5.78 Å². The number of halogens is 3. The Morgan fingerprint density at radius 3 is 2.91 bits per heavy atom. The zero-order chi connectivity index (χ0) is 15.9. The average molecular weight is 317 g/mol. The highest BCUT2D eigenvalue weighted by atomic mass is 19.4. The van der Waals surface area contributed by atoms with Crippen LogP contribution in [0.4, 0.5) is 19.0 Å². The molecule has 1 fully saturated rings. The Kier molecular flexibility index (Phi) is 3.65. The van der Waals surface area contributed by atoms with E-state index in [9.17, 15) is 18.3 Å². The maximum Gasteiger partial charge on any atom is 0.433 e. The number of alkyl halides is 3. The summed E-state index contributed by atoms with van der Waals surface area (Å²) in [6, 6.07) is 0.775. The number of hydrogen-bond donors (Lipinski definition) is 1. The minimum atomic E-state index is -4.58. The standard InChI is InChI=1S/C12H14F3N5O2/c1-7-5-22-8(4-21)3-19(7)10-2-9(12(13,14)15)18-11-16-6-17-20(10)11/h2,6-8,21H,3-5H2,1H3. The highest BCUT2D eigenvalue weighted by Crippen LogP contribution is 2.31. The lowest BCUT2D eigenvalue weighted by Crippen LogP contribution is -2.50. The van der Waals surface area contributed by atoms with E-state index in [-0.39, 0.29) is 30.8 Å². The van der Waals surface area contributed by atoms with Crippen LogP contribution in [0.15, 0.2) is 12.4 Å². The van der Waals surface area contributed by atoms with Crippen LogP contribution in [0.2, 0.25) is 0 Å². The number of nitrogens with zero attached hydrogens (tertiary/aromatic N) is 5. The number of fused-ring (bicyclic) bond motifs is 1. The molecule has 120 valence electrons. The van der Waals surface area contributed by atoms with Crippen LogP contribution in [0.3, 0.4) is 0 Å². The summed E-state index contributed by atoms with van der Waals surface area (Å²) in [7, 11) is 0. The maximum atomic E-state index is 13.0. The fourth-order valence-corrected chi connectivity index (χ4v) is 2.39. The number of aromatic nitrogens is 4. The third kappa shape index (κ3) is 2.59. The third-order valence-corrected chi connectivity index (χ3v) is 3.53. The zero-order valence-electron chi connectivity index (χ0n) is 11.7. The first-order valence-electron chi connectivity index (χ1n) is 6.67. The van der Waals surface area contributed by atoms with Gasteiger partial charge >= 0.3 is 6.18 Å². The van der Waals surface area contributed by atoms with Crippen molar-refractivity contribution < 1.29 is 23.0 Å². The molecule has 0 saturated carbocycles. The molecule has 2 aromatic heterocycles. The van der Waals surface area contributed by atoms with Crippen molar-refractivity contribution in [1.82, 2.24) is 19.6 Å². The number of anilines is 1. The van der Waals surface area contributed by atoms with Crippen molar-refractivity contribution in [2.24, 2.45) is 0 Å². The number of aliphatic hydroxyl groups is 1. The molecule has 7 nitrogen and oxygen atoms in total. The summed E-state index contributed by atoms with van der Waals surface area (Å²) in [5.41, 5.74) is -1.03. The highest BCUT2D eigenvalue weighted by molar-refractivity contribution is 5.49. The zero-order valence-corrected chi connectivity index (χ0v) is 11.7. The first-order chi connectivity index (χ1) is 10.4. The van der Waals surface area contributed by atoms with E-state index in [4.69, 9.17) is 4.74 Å². The van der Waals surface area contributed by atoms with Gasteiger partial charge in [0.15, 0.2) is 5.69 Å². The maximum absolute atomic E-state index is 13.0. The van der Waals surface area contributed by atoms with Crippen LogP contribution >= 0.6 is 0 Å². The third-order valence-electron chi connectivity index (χ3n) is 3.53. The molecular formula is C12H14F3N5O2. The molecule has 1 saturated heterocycles. The minimum absolute atomic E-state index is 0.121. The van der Waals surface area contributed by atoms with Gasteiger partial charge in [0.05, 0.1) is 25.4 Å². The van der Waals surface area contributed by atoms with Gasteiger partial charge in [0.25, 0.3) is 5.78 Å². The Morgan fingerprint density at radius 1 is 1.45 bits per heavy atom. The molecule has 0 spiro atoms. The lowest BCUT2D eigenvalue weighted by molar-refractivity contribution is -0.141. The molecule has 2 aromatic rings. The van der Waals surface area contributed by atoms with Crippen molar-refractivity contribution in [2.45, 2.75) is 25.2 Å². The molecule has 2 atom stereocenters. The number of morpholine rings is 1. The quantitative estimate of drug-likeness (QED) is 0.880. The second-order valence-corrected chi connectivity index (χ2v) is 5.11. The average Bonchev–Trinajstić information content (AvgIpc) is 2.94. The van der Waals surface area contributed by atoms with Crippen LogP contribution in [-0.4, -0.2) is 56.6 Å². The number of rotatable bonds is 2. The van der Waals surface area contributed by atoms with Gasteiger partial charge in [-0.1, -0.05) is 0 Å². The van der Waals surface area contributed by atoms with Gasteiger partial charge in [-0.25, -0.2) is 4.98 Å². The lowest BCUT2D eigenvalue weighted by Gasteiger charge is -2.38. The molecule has 1 aliphatic rings. The van der Waals surface area contributed by atoms with Gasteiger partial charge in [-0.2, -0.15) is 27.8 Å². The Balaban J connectivity index is 2.10. The summed E-state index contributed by atoms with van der Waals surface area (Å²) in [6.45, 7) is 2.17. The monoisotopic (exact) mass is 317 g/mol. The SMILES string of the molecule is CC1COC(CO)CN1c1cc(C(F)(F)F)nc2ncnn12. The molecule has 0 aromatic carbocycles. The topological polar surface area (TPSA) is 75.8 Å². The highest BCUT2D eigenvalue weighted by Gasteiger charge is 2.36. The first-order valence-corrected chi connectivity index (χ1v) is 6.67.